The van der Waals surface area contributed by atoms with Crippen LogP contribution in [0.3, 0.4) is 0 Å². The summed E-state index contributed by atoms with van der Waals surface area (Å²) in [6.07, 6.45) is 0. The van der Waals surface area contributed by atoms with Gasteiger partial charge < -0.3 is 15.2 Å². The van der Waals surface area contributed by atoms with Crippen LogP contribution in [0.25, 0.3) is 0 Å². The number of hydrogen-bond donors (Lipinski definition) is 1. The SMILES string of the molecule is CCOC(=O)c1c(N)c(F)cc(OC)c1F. The predicted octanol–water partition coefficient (Wildman–Crippen LogP) is 1.73. The Hall–Kier alpha value is -1.85. The van der Waals surface area contributed by atoms with Gasteiger partial charge in [-0.15, -0.1) is 0 Å². The molecular weight excluding hydrogens is 220 g/mol. The van der Waals surface area contributed by atoms with E-state index in [2.05, 4.69) is 9.47 Å². The molecule has 0 aromatic heterocycles. The minimum Gasteiger partial charge on any atom is -0.494 e. The van der Waals surface area contributed by atoms with Crippen LogP contribution in [0, 0.1) is 11.6 Å². The molecule has 2 N–H and O–H groups in total. The summed E-state index contributed by atoms with van der Waals surface area (Å²) in [6.45, 7) is 1.58. The van der Waals surface area contributed by atoms with Crippen molar-refractivity contribution in [1.82, 2.24) is 0 Å². The third kappa shape index (κ3) is 2.05. The lowest BCUT2D eigenvalue weighted by Gasteiger charge is -2.10. The quantitative estimate of drug-likeness (QED) is 0.635. The molecule has 1 aromatic rings. The first-order valence-corrected chi connectivity index (χ1v) is 4.51. The van der Waals surface area contributed by atoms with Crippen molar-refractivity contribution >= 4 is 11.7 Å². The summed E-state index contributed by atoms with van der Waals surface area (Å²) in [5, 5.41) is 0. The Balaban J connectivity index is 3.35. The third-order valence-electron chi connectivity index (χ3n) is 1.92. The third-order valence-corrected chi connectivity index (χ3v) is 1.92. The number of hydrogen-bond acceptors (Lipinski definition) is 4. The first kappa shape index (κ1) is 12.2. The van der Waals surface area contributed by atoms with Gasteiger partial charge in [0.05, 0.1) is 19.4 Å². The Morgan fingerprint density at radius 2 is 2.12 bits per heavy atom. The maximum absolute atomic E-state index is 13.6. The van der Waals surface area contributed by atoms with Crippen LogP contribution in [0.5, 0.6) is 5.75 Å². The standard InChI is InChI=1S/C10H11F2NO3/c1-3-16-10(14)7-8(12)6(15-2)4-5(11)9(7)13/h4H,3,13H2,1-2H3. The van der Waals surface area contributed by atoms with Gasteiger partial charge in [0.15, 0.2) is 17.4 Å². The second-order valence-corrected chi connectivity index (χ2v) is 2.88. The van der Waals surface area contributed by atoms with Gasteiger partial charge in [0.25, 0.3) is 0 Å². The van der Waals surface area contributed by atoms with Crippen LogP contribution >= 0.6 is 0 Å². The van der Waals surface area contributed by atoms with E-state index in [1.807, 2.05) is 0 Å². The molecule has 0 amide bonds. The van der Waals surface area contributed by atoms with Crippen molar-refractivity contribution < 1.29 is 23.0 Å². The van der Waals surface area contributed by atoms with Gasteiger partial charge in [-0.05, 0) is 6.92 Å². The topological polar surface area (TPSA) is 61.5 Å². The fourth-order valence-corrected chi connectivity index (χ4v) is 1.17. The van der Waals surface area contributed by atoms with Gasteiger partial charge in [-0.2, -0.15) is 0 Å². The number of nitrogen functional groups attached to an aromatic ring is 1. The van der Waals surface area contributed by atoms with E-state index in [1.165, 1.54) is 0 Å². The highest BCUT2D eigenvalue weighted by molar-refractivity contribution is 5.96. The van der Waals surface area contributed by atoms with Crippen molar-refractivity contribution in [3.05, 3.63) is 23.3 Å². The van der Waals surface area contributed by atoms with E-state index in [-0.39, 0.29) is 6.61 Å². The van der Waals surface area contributed by atoms with Crippen LogP contribution in [0.4, 0.5) is 14.5 Å². The number of carbonyl (C=O) groups excluding carboxylic acids is 1. The molecule has 0 fully saturated rings. The molecule has 0 atom stereocenters. The molecular formula is C10H11F2NO3. The fraction of sp³-hybridized carbons (Fsp3) is 0.300. The van der Waals surface area contributed by atoms with E-state index in [0.717, 1.165) is 13.2 Å². The molecule has 1 aromatic carbocycles. The molecule has 0 spiro atoms. The fourth-order valence-electron chi connectivity index (χ4n) is 1.17. The van der Waals surface area contributed by atoms with Crippen molar-refractivity contribution in [2.75, 3.05) is 19.5 Å². The summed E-state index contributed by atoms with van der Waals surface area (Å²) in [4.78, 5) is 11.3. The summed E-state index contributed by atoms with van der Waals surface area (Å²) in [5.74, 6) is -3.37. The average molecular weight is 231 g/mol. The van der Waals surface area contributed by atoms with Crippen LogP contribution < -0.4 is 10.5 Å². The first-order chi connectivity index (χ1) is 7.52. The Morgan fingerprint density at radius 3 is 2.62 bits per heavy atom. The lowest BCUT2D eigenvalue weighted by molar-refractivity contribution is 0.0521. The summed E-state index contributed by atoms with van der Waals surface area (Å²) in [6, 6.07) is 0.771. The molecule has 0 unspecified atom stereocenters. The van der Waals surface area contributed by atoms with Gasteiger partial charge in [0, 0.05) is 6.07 Å². The number of ether oxygens (including phenoxy) is 2. The zero-order valence-electron chi connectivity index (χ0n) is 8.84. The van der Waals surface area contributed by atoms with Gasteiger partial charge in [-0.25, -0.2) is 13.6 Å². The zero-order chi connectivity index (χ0) is 12.3. The molecule has 0 aliphatic rings. The molecule has 0 radical (unpaired) electrons. The van der Waals surface area contributed by atoms with Crippen molar-refractivity contribution in [2.24, 2.45) is 0 Å². The summed E-state index contributed by atoms with van der Waals surface area (Å²) >= 11 is 0. The minimum atomic E-state index is -1.03. The van der Waals surface area contributed by atoms with Gasteiger partial charge in [-0.1, -0.05) is 0 Å². The number of methoxy groups -OCH3 is 1. The lowest BCUT2D eigenvalue weighted by Crippen LogP contribution is -2.13. The molecule has 1 rings (SSSR count). The first-order valence-electron chi connectivity index (χ1n) is 4.51. The normalized spacial score (nSPS) is 10.0. The Kier molecular flexibility index (Phi) is 3.65. The Labute approximate surface area is 91.0 Å². The molecule has 0 aliphatic carbocycles. The summed E-state index contributed by atoms with van der Waals surface area (Å²) in [5.41, 5.74) is 4.04. The molecule has 4 nitrogen and oxygen atoms in total. The summed E-state index contributed by atoms with van der Waals surface area (Å²) in [7, 11) is 1.16. The maximum Gasteiger partial charge on any atom is 0.343 e. The number of benzene rings is 1. The number of nitrogens with two attached hydrogens (primary N) is 1. The van der Waals surface area contributed by atoms with E-state index >= 15 is 0 Å². The second kappa shape index (κ2) is 4.78. The van der Waals surface area contributed by atoms with E-state index in [9.17, 15) is 13.6 Å². The Bertz CT molecular complexity index is 421. The van der Waals surface area contributed by atoms with Crippen LogP contribution in [0.15, 0.2) is 6.07 Å². The minimum absolute atomic E-state index is 0.0382. The van der Waals surface area contributed by atoms with Crippen LogP contribution in [0.2, 0.25) is 0 Å². The van der Waals surface area contributed by atoms with Crippen molar-refractivity contribution in [3.63, 3.8) is 0 Å². The van der Waals surface area contributed by atoms with Crippen LogP contribution in [-0.4, -0.2) is 19.7 Å². The molecule has 0 heterocycles. The number of anilines is 1. The molecule has 16 heavy (non-hydrogen) atoms. The van der Waals surface area contributed by atoms with Gasteiger partial charge >= 0.3 is 5.97 Å². The Morgan fingerprint density at radius 1 is 1.50 bits per heavy atom. The van der Waals surface area contributed by atoms with Gasteiger partial charge in [-0.3, -0.25) is 0 Å². The number of esters is 1. The van der Waals surface area contributed by atoms with Gasteiger partial charge in [0.1, 0.15) is 5.56 Å². The highest BCUT2D eigenvalue weighted by Gasteiger charge is 2.23. The van der Waals surface area contributed by atoms with Crippen molar-refractivity contribution in [1.29, 1.82) is 0 Å². The van der Waals surface area contributed by atoms with Crippen LogP contribution in [0.1, 0.15) is 17.3 Å². The number of carbonyl (C=O) groups is 1. The highest BCUT2D eigenvalue weighted by atomic mass is 19.1. The maximum atomic E-state index is 13.6. The molecule has 0 aliphatic heterocycles. The zero-order valence-corrected chi connectivity index (χ0v) is 8.84. The lowest BCUT2D eigenvalue weighted by atomic mass is 10.1. The monoisotopic (exact) mass is 231 g/mol. The van der Waals surface area contributed by atoms with Crippen LogP contribution in [-0.2, 0) is 4.74 Å². The van der Waals surface area contributed by atoms with E-state index < -0.39 is 34.6 Å². The van der Waals surface area contributed by atoms with E-state index in [0.29, 0.717) is 0 Å². The van der Waals surface area contributed by atoms with Crippen molar-refractivity contribution in [3.8, 4) is 5.75 Å². The highest BCUT2D eigenvalue weighted by Crippen LogP contribution is 2.28. The van der Waals surface area contributed by atoms with Gasteiger partial charge in [0.2, 0.25) is 0 Å². The predicted molar refractivity (Wildman–Crippen MR) is 53.3 cm³/mol. The molecule has 88 valence electrons. The molecule has 6 heteroatoms. The number of halogens is 2. The average Bonchev–Trinajstić information content (AvgIpc) is 2.24. The largest absolute Gasteiger partial charge is 0.494 e. The smallest absolute Gasteiger partial charge is 0.343 e. The summed E-state index contributed by atoms with van der Waals surface area (Å²) < 4.78 is 36.0. The van der Waals surface area contributed by atoms with Crippen molar-refractivity contribution in [2.45, 2.75) is 6.92 Å². The molecule has 0 saturated heterocycles. The second-order valence-electron chi connectivity index (χ2n) is 2.88. The van der Waals surface area contributed by atoms with E-state index in [1.54, 1.807) is 6.92 Å². The van der Waals surface area contributed by atoms with E-state index in [4.69, 9.17) is 5.73 Å². The molecule has 0 saturated carbocycles. The molecule has 0 bridgehead atoms. The number of rotatable bonds is 3.